The lowest BCUT2D eigenvalue weighted by molar-refractivity contribution is 0.621. The van der Waals surface area contributed by atoms with Gasteiger partial charge in [0.05, 0.1) is 0 Å². The molecule has 0 unspecified atom stereocenters. The highest BCUT2D eigenvalue weighted by atomic mass is 14.0. The van der Waals surface area contributed by atoms with Gasteiger partial charge in [0, 0.05) is 0 Å². The summed E-state index contributed by atoms with van der Waals surface area (Å²) in [5.41, 5.74) is 0. The number of hydrogen-bond acceptors (Lipinski definition) is 0. The van der Waals surface area contributed by atoms with Gasteiger partial charge in [-0.3, -0.25) is 0 Å². The first-order valence-corrected chi connectivity index (χ1v) is 7.67. The molecule has 0 heteroatoms. The molecular formula is C18H31. The summed E-state index contributed by atoms with van der Waals surface area (Å²) in [5.74, 6) is 0. The van der Waals surface area contributed by atoms with Crippen LogP contribution in [0, 0.1) is 6.42 Å². The Balaban J connectivity index is 3.05. The van der Waals surface area contributed by atoms with Crippen molar-refractivity contribution in [3.05, 3.63) is 43.4 Å². The van der Waals surface area contributed by atoms with E-state index < -0.39 is 0 Å². The number of allylic oxidation sites excluding steroid dienone is 5. The third-order valence-electron chi connectivity index (χ3n) is 3.04. The molecule has 0 spiro atoms. The average Bonchev–Trinajstić information content (AvgIpc) is 2.39. The lowest BCUT2D eigenvalue weighted by Gasteiger charge is -2.00. The van der Waals surface area contributed by atoms with Crippen LogP contribution < -0.4 is 0 Å². The minimum absolute atomic E-state index is 1.21. The van der Waals surface area contributed by atoms with Gasteiger partial charge in [0.1, 0.15) is 0 Å². The molecule has 103 valence electrons. The fraction of sp³-hybridized carbons (Fsp3) is 0.611. The summed E-state index contributed by atoms with van der Waals surface area (Å²) in [4.78, 5) is 0. The molecule has 0 bridgehead atoms. The van der Waals surface area contributed by atoms with Gasteiger partial charge in [0.25, 0.3) is 0 Å². The molecule has 0 aliphatic carbocycles. The van der Waals surface area contributed by atoms with Crippen LogP contribution in [0.4, 0.5) is 0 Å². The zero-order valence-electron chi connectivity index (χ0n) is 12.2. The molecule has 0 N–H and O–H groups in total. The van der Waals surface area contributed by atoms with E-state index in [2.05, 4.69) is 32.1 Å². The molecule has 0 aromatic heterocycles. The van der Waals surface area contributed by atoms with Gasteiger partial charge in [0.2, 0.25) is 0 Å². The minimum atomic E-state index is 1.21. The second-order valence-electron chi connectivity index (χ2n) is 4.82. The first-order chi connectivity index (χ1) is 8.91. The van der Waals surface area contributed by atoms with Gasteiger partial charge in [-0.2, -0.15) is 0 Å². The van der Waals surface area contributed by atoms with Crippen LogP contribution in [0.2, 0.25) is 0 Å². The standard InChI is InChI=1S/C18H31/c1-3-5-7-9-11-13-15-17-18-16-14-12-10-8-6-4-2/h3,5,7,9,11-12H,1,4,6,8,10,13-18H2,2H3. The summed E-state index contributed by atoms with van der Waals surface area (Å²) < 4.78 is 0. The second kappa shape index (κ2) is 16.2. The molecular weight excluding hydrogens is 216 g/mol. The van der Waals surface area contributed by atoms with E-state index in [1.165, 1.54) is 64.2 Å². The van der Waals surface area contributed by atoms with E-state index in [4.69, 9.17) is 0 Å². The van der Waals surface area contributed by atoms with Crippen molar-refractivity contribution >= 4 is 0 Å². The van der Waals surface area contributed by atoms with Gasteiger partial charge in [-0.15, -0.1) is 0 Å². The maximum absolute atomic E-state index is 3.64. The van der Waals surface area contributed by atoms with E-state index in [1.54, 1.807) is 6.08 Å². The summed E-state index contributed by atoms with van der Waals surface area (Å²) in [6.45, 7) is 5.90. The van der Waals surface area contributed by atoms with Gasteiger partial charge in [-0.1, -0.05) is 95.2 Å². The van der Waals surface area contributed by atoms with Crippen LogP contribution in [-0.4, -0.2) is 0 Å². The first kappa shape index (κ1) is 17.2. The van der Waals surface area contributed by atoms with Crippen LogP contribution >= 0.6 is 0 Å². The zero-order valence-corrected chi connectivity index (χ0v) is 12.2. The van der Waals surface area contributed by atoms with Crippen LogP contribution in [0.1, 0.15) is 71.1 Å². The van der Waals surface area contributed by atoms with Crippen molar-refractivity contribution in [3.63, 3.8) is 0 Å². The maximum Gasteiger partial charge on any atom is -0.0348 e. The van der Waals surface area contributed by atoms with E-state index in [0.717, 1.165) is 0 Å². The SMILES string of the molecule is C=CC=CC=CCCCCCC[CH]CCCCC. The Morgan fingerprint density at radius 2 is 1.39 bits per heavy atom. The Labute approximate surface area is 115 Å². The molecule has 0 aliphatic rings. The van der Waals surface area contributed by atoms with Crippen LogP contribution in [0.5, 0.6) is 0 Å². The smallest absolute Gasteiger partial charge is 0.0348 e. The summed E-state index contributed by atoms with van der Waals surface area (Å²) in [7, 11) is 0. The number of hydrogen-bond donors (Lipinski definition) is 0. The van der Waals surface area contributed by atoms with Crippen molar-refractivity contribution in [3.8, 4) is 0 Å². The molecule has 18 heavy (non-hydrogen) atoms. The molecule has 0 saturated carbocycles. The average molecular weight is 247 g/mol. The first-order valence-electron chi connectivity index (χ1n) is 7.67. The van der Waals surface area contributed by atoms with Crippen molar-refractivity contribution in [2.24, 2.45) is 0 Å². The predicted molar refractivity (Wildman–Crippen MR) is 84.6 cm³/mol. The van der Waals surface area contributed by atoms with Gasteiger partial charge in [-0.05, 0) is 19.3 Å². The van der Waals surface area contributed by atoms with Gasteiger partial charge in [-0.25, -0.2) is 0 Å². The van der Waals surface area contributed by atoms with E-state index in [1.807, 2.05) is 12.2 Å². The Morgan fingerprint density at radius 3 is 2.06 bits per heavy atom. The lowest BCUT2D eigenvalue weighted by Crippen LogP contribution is -1.82. The Hall–Kier alpha value is -0.780. The van der Waals surface area contributed by atoms with Crippen molar-refractivity contribution < 1.29 is 0 Å². The molecule has 0 rings (SSSR count). The van der Waals surface area contributed by atoms with Gasteiger partial charge >= 0.3 is 0 Å². The Bertz CT molecular complexity index is 210. The number of rotatable bonds is 13. The third-order valence-corrected chi connectivity index (χ3v) is 3.04. The van der Waals surface area contributed by atoms with Crippen molar-refractivity contribution in [1.82, 2.24) is 0 Å². The fourth-order valence-electron chi connectivity index (χ4n) is 1.90. The van der Waals surface area contributed by atoms with Crippen molar-refractivity contribution in [2.45, 2.75) is 71.1 Å². The monoisotopic (exact) mass is 247 g/mol. The molecule has 1 radical (unpaired) electrons. The molecule has 0 nitrogen and oxygen atoms in total. The number of unbranched alkanes of at least 4 members (excludes halogenated alkanes) is 10. The van der Waals surface area contributed by atoms with Crippen LogP contribution in [0.3, 0.4) is 0 Å². The highest BCUT2D eigenvalue weighted by molar-refractivity contribution is 5.08. The summed E-state index contributed by atoms with van der Waals surface area (Å²) >= 11 is 0. The molecule has 0 heterocycles. The fourth-order valence-corrected chi connectivity index (χ4v) is 1.90. The van der Waals surface area contributed by atoms with Crippen molar-refractivity contribution in [2.75, 3.05) is 0 Å². The van der Waals surface area contributed by atoms with E-state index in [9.17, 15) is 0 Å². The third kappa shape index (κ3) is 15.2. The molecule has 0 aromatic carbocycles. The van der Waals surface area contributed by atoms with E-state index in [0.29, 0.717) is 0 Å². The molecule has 0 saturated heterocycles. The molecule has 0 atom stereocenters. The molecule has 0 fully saturated rings. The predicted octanol–water partition coefficient (Wildman–Crippen LogP) is 6.41. The summed E-state index contributed by atoms with van der Waals surface area (Å²) in [6, 6.07) is 0. The van der Waals surface area contributed by atoms with Crippen LogP contribution in [0.25, 0.3) is 0 Å². The Kier molecular flexibility index (Phi) is 15.5. The second-order valence-corrected chi connectivity index (χ2v) is 4.82. The molecule has 0 amide bonds. The quantitative estimate of drug-likeness (QED) is 0.260. The maximum atomic E-state index is 3.64. The summed E-state index contributed by atoms with van der Waals surface area (Å²) in [5, 5.41) is 0. The highest BCUT2D eigenvalue weighted by Gasteiger charge is 1.91. The minimum Gasteiger partial charge on any atom is -0.0991 e. The summed E-state index contributed by atoms with van der Waals surface area (Å²) in [6.07, 6.45) is 26.1. The van der Waals surface area contributed by atoms with Gasteiger partial charge in [0.15, 0.2) is 0 Å². The Morgan fingerprint density at radius 1 is 0.722 bits per heavy atom. The zero-order chi connectivity index (χ0) is 13.3. The highest BCUT2D eigenvalue weighted by Crippen LogP contribution is 2.10. The normalized spacial score (nSPS) is 11.6. The largest absolute Gasteiger partial charge is 0.0991 e. The van der Waals surface area contributed by atoms with Gasteiger partial charge < -0.3 is 0 Å². The van der Waals surface area contributed by atoms with E-state index in [-0.39, 0.29) is 0 Å². The van der Waals surface area contributed by atoms with Crippen molar-refractivity contribution in [1.29, 1.82) is 0 Å². The molecule has 0 aliphatic heterocycles. The van der Waals surface area contributed by atoms with E-state index >= 15 is 0 Å². The molecule has 0 aromatic rings. The van der Waals surface area contributed by atoms with Crippen LogP contribution in [-0.2, 0) is 0 Å². The van der Waals surface area contributed by atoms with Crippen LogP contribution in [0.15, 0.2) is 37.0 Å². The topological polar surface area (TPSA) is 0 Å². The lowest BCUT2D eigenvalue weighted by atomic mass is 10.1.